The zero-order valence-electron chi connectivity index (χ0n) is 18.7. The van der Waals surface area contributed by atoms with E-state index in [1.807, 2.05) is 83.4 Å². The van der Waals surface area contributed by atoms with Crippen LogP contribution in [-0.2, 0) is 11.3 Å². The first-order valence-corrected chi connectivity index (χ1v) is 10.7. The lowest BCUT2D eigenvalue weighted by atomic mass is 10.2. The SMILES string of the molecule is COc1ccc(-c2nc(C(C)=O)cn2-c2ccc(OCCOCc3ccccc3)cc2)cc1. The number of benzene rings is 3. The van der Waals surface area contributed by atoms with E-state index in [4.69, 9.17) is 14.2 Å². The molecule has 168 valence electrons. The molecule has 3 aromatic carbocycles. The van der Waals surface area contributed by atoms with Crippen molar-refractivity contribution < 1.29 is 19.0 Å². The Morgan fingerprint density at radius 2 is 1.58 bits per heavy atom. The third kappa shape index (κ3) is 5.67. The van der Waals surface area contributed by atoms with Crippen molar-refractivity contribution in [1.29, 1.82) is 0 Å². The summed E-state index contributed by atoms with van der Waals surface area (Å²) in [6, 6.07) is 25.3. The molecule has 0 radical (unpaired) electrons. The van der Waals surface area contributed by atoms with Crippen molar-refractivity contribution in [1.82, 2.24) is 9.55 Å². The molecule has 0 aliphatic carbocycles. The summed E-state index contributed by atoms with van der Waals surface area (Å²) in [5.41, 5.74) is 3.32. The van der Waals surface area contributed by atoms with E-state index in [1.165, 1.54) is 6.92 Å². The van der Waals surface area contributed by atoms with Gasteiger partial charge in [-0.1, -0.05) is 30.3 Å². The Labute approximate surface area is 193 Å². The molecule has 0 spiro atoms. The highest BCUT2D eigenvalue weighted by atomic mass is 16.5. The van der Waals surface area contributed by atoms with Gasteiger partial charge in [0.05, 0.1) is 20.3 Å². The van der Waals surface area contributed by atoms with E-state index in [9.17, 15) is 4.79 Å². The maximum atomic E-state index is 12.0. The minimum Gasteiger partial charge on any atom is -0.497 e. The third-order valence-corrected chi connectivity index (χ3v) is 5.14. The van der Waals surface area contributed by atoms with E-state index in [0.29, 0.717) is 31.3 Å². The highest BCUT2D eigenvalue weighted by molar-refractivity contribution is 5.92. The molecule has 0 N–H and O–H groups in total. The number of rotatable bonds is 10. The topological polar surface area (TPSA) is 62.6 Å². The number of methoxy groups -OCH3 is 1. The highest BCUT2D eigenvalue weighted by Crippen LogP contribution is 2.26. The molecule has 4 rings (SSSR count). The number of ketones is 1. The summed E-state index contributed by atoms with van der Waals surface area (Å²) in [4.78, 5) is 16.5. The number of aromatic nitrogens is 2. The molecule has 0 atom stereocenters. The van der Waals surface area contributed by atoms with Gasteiger partial charge in [-0.2, -0.15) is 0 Å². The first kappa shape index (κ1) is 22.3. The van der Waals surface area contributed by atoms with Crippen LogP contribution in [0.4, 0.5) is 0 Å². The van der Waals surface area contributed by atoms with Gasteiger partial charge in [0, 0.05) is 24.4 Å². The predicted octanol–water partition coefficient (Wildman–Crippen LogP) is 5.35. The molecule has 6 nitrogen and oxygen atoms in total. The fourth-order valence-electron chi connectivity index (χ4n) is 3.38. The molecule has 1 aromatic heterocycles. The molecule has 0 saturated heterocycles. The van der Waals surface area contributed by atoms with Crippen LogP contribution >= 0.6 is 0 Å². The maximum Gasteiger partial charge on any atom is 0.179 e. The maximum absolute atomic E-state index is 12.0. The largest absolute Gasteiger partial charge is 0.497 e. The standard InChI is InChI=1S/C27H26N2O4/c1-20(30)26-18-29(27(28-26)22-8-12-24(31-2)13-9-22)23-10-14-25(15-11-23)33-17-16-32-19-21-6-4-3-5-7-21/h3-15,18H,16-17,19H2,1-2H3. The van der Waals surface area contributed by atoms with Crippen LogP contribution in [0.5, 0.6) is 11.5 Å². The van der Waals surface area contributed by atoms with E-state index in [0.717, 1.165) is 28.3 Å². The van der Waals surface area contributed by atoms with Crippen molar-refractivity contribution in [3.63, 3.8) is 0 Å². The Hall–Kier alpha value is -3.90. The Morgan fingerprint density at radius 1 is 0.879 bits per heavy atom. The molecule has 33 heavy (non-hydrogen) atoms. The number of hydrogen-bond donors (Lipinski definition) is 0. The Kier molecular flexibility index (Phi) is 7.17. The van der Waals surface area contributed by atoms with Crippen LogP contribution in [-0.4, -0.2) is 35.7 Å². The second-order valence-electron chi connectivity index (χ2n) is 7.48. The lowest BCUT2D eigenvalue weighted by Crippen LogP contribution is -2.06. The van der Waals surface area contributed by atoms with Crippen LogP contribution in [0.3, 0.4) is 0 Å². The highest BCUT2D eigenvalue weighted by Gasteiger charge is 2.14. The summed E-state index contributed by atoms with van der Waals surface area (Å²) in [7, 11) is 1.63. The Morgan fingerprint density at radius 3 is 2.24 bits per heavy atom. The van der Waals surface area contributed by atoms with E-state index >= 15 is 0 Å². The van der Waals surface area contributed by atoms with Crippen LogP contribution in [0.15, 0.2) is 85.1 Å². The fraction of sp³-hybridized carbons (Fsp3) is 0.185. The summed E-state index contributed by atoms with van der Waals surface area (Å²) in [6.07, 6.45) is 1.76. The molecule has 0 aliphatic rings. The molecular weight excluding hydrogens is 416 g/mol. The molecule has 0 saturated carbocycles. The van der Waals surface area contributed by atoms with Gasteiger partial charge in [-0.25, -0.2) is 4.98 Å². The number of carbonyl (C=O) groups excluding carboxylic acids is 1. The van der Waals surface area contributed by atoms with Crippen molar-refractivity contribution in [2.45, 2.75) is 13.5 Å². The normalized spacial score (nSPS) is 10.7. The zero-order valence-corrected chi connectivity index (χ0v) is 18.7. The monoisotopic (exact) mass is 442 g/mol. The summed E-state index contributed by atoms with van der Waals surface area (Å²) in [5.74, 6) is 2.11. The van der Waals surface area contributed by atoms with Gasteiger partial charge < -0.3 is 14.2 Å². The van der Waals surface area contributed by atoms with Crippen LogP contribution in [0, 0.1) is 0 Å². The number of Topliss-reactive ketones (excluding diaryl/α,β-unsaturated/α-hetero) is 1. The van der Waals surface area contributed by atoms with Gasteiger partial charge in [-0.15, -0.1) is 0 Å². The number of carbonyl (C=O) groups is 1. The predicted molar refractivity (Wildman–Crippen MR) is 127 cm³/mol. The first-order valence-electron chi connectivity index (χ1n) is 10.7. The number of ether oxygens (including phenoxy) is 3. The molecule has 0 fully saturated rings. The van der Waals surface area contributed by atoms with Gasteiger partial charge in [0.1, 0.15) is 29.6 Å². The lowest BCUT2D eigenvalue weighted by Gasteiger charge is -2.11. The molecule has 6 heteroatoms. The smallest absolute Gasteiger partial charge is 0.179 e. The number of imidazole rings is 1. The quantitative estimate of drug-likeness (QED) is 0.245. The van der Waals surface area contributed by atoms with Gasteiger partial charge in [0.15, 0.2) is 5.78 Å². The molecule has 0 bridgehead atoms. The average molecular weight is 443 g/mol. The zero-order chi connectivity index (χ0) is 23.0. The minimum atomic E-state index is -0.0843. The van der Waals surface area contributed by atoms with Crippen LogP contribution in [0.1, 0.15) is 23.0 Å². The van der Waals surface area contributed by atoms with Crippen molar-refractivity contribution in [3.05, 3.63) is 96.3 Å². The number of hydrogen-bond acceptors (Lipinski definition) is 5. The average Bonchev–Trinajstić information content (AvgIpc) is 3.31. The van der Waals surface area contributed by atoms with Crippen molar-refractivity contribution >= 4 is 5.78 Å². The van der Waals surface area contributed by atoms with Crippen LogP contribution < -0.4 is 9.47 Å². The second kappa shape index (κ2) is 10.6. The van der Waals surface area contributed by atoms with Crippen molar-refractivity contribution in [2.75, 3.05) is 20.3 Å². The number of nitrogens with zero attached hydrogens (tertiary/aromatic N) is 2. The van der Waals surface area contributed by atoms with Gasteiger partial charge in [-0.3, -0.25) is 9.36 Å². The van der Waals surface area contributed by atoms with E-state index in [-0.39, 0.29) is 5.78 Å². The molecule has 0 amide bonds. The van der Waals surface area contributed by atoms with E-state index in [1.54, 1.807) is 13.3 Å². The van der Waals surface area contributed by atoms with E-state index < -0.39 is 0 Å². The molecular formula is C27H26N2O4. The third-order valence-electron chi connectivity index (χ3n) is 5.14. The molecule has 1 heterocycles. The molecule has 0 aliphatic heterocycles. The van der Waals surface area contributed by atoms with Gasteiger partial charge in [0.2, 0.25) is 0 Å². The van der Waals surface area contributed by atoms with Gasteiger partial charge >= 0.3 is 0 Å². The van der Waals surface area contributed by atoms with Crippen molar-refractivity contribution in [2.24, 2.45) is 0 Å². The van der Waals surface area contributed by atoms with Crippen molar-refractivity contribution in [3.8, 4) is 28.6 Å². The first-order chi connectivity index (χ1) is 16.1. The summed E-state index contributed by atoms with van der Waals surface area (Å²) < 4.78 is 18.6. The van der Waals surface area contributed by atoms with E-state index in [2.05, 4.69) is 4.98 Å². The van der Waals surface area contributed by atoms with Crippen LogP contribution in [0.25, 0.3) is 17.1 Å². The van der Waals surface area contributed by atoms with Gasteiger partial charge in [-0.05, 0) is 54.1 Å². The Bertz CT molecular complexity index is 1180. The molecule has 4 aromatic rings. The summed E-state index contributed by atoms with van der Waals surface area (Å²) in [5, 5.41) is 0. The minimum absolute atomic E-state index is 0.0843. The summed E-state index contributed by atoms with van der Waals surface area (Å²) in [6.45, 7) is 3.04. The molecule has 0 unspecified atom stereocenters. The van der Waals surface area contributed by atoms with Gasteiger partial charge in [0.25, 0.3) is 0 Å². The summed E-state index contributed by atoms with van der Waals surface area (Å²) >= 11 is 0. The lowest BCUT2D eigenvalue weighted by molar-refractivity contribution is 0.0889. The fourth-order valence-corrected chi connectivity index (χ4v) is 3.38. The van der Waals surface area contributed by atoms with Crippen LogP contribution in [0.2, 0.25) is 0 Å². The second-order valence-corrected chi connectivity index (χ2v) is 7.48. The Balaban J connectivity index is 1.42.